The normalized spacial score (nSPS) is 19.8. The van der Waals surface area contributed by atoms with Crippen molar-refractivity contribution >= 4 is 51.9 Å². The van der Waals surface area contributed by atoms with Crippen molar-refractivity contribution < 1.29 is 19.0 Å². The number of halogens is 1. The van der Waals surface area contributed by atoms with E-state index in [9.17, 15) is 4.79 Å². The van der Waals surface area contributed by atoms with Gasteiger partial charge in [0.25, 0.3) is 5.91 Å². The third kappa shape index (κ3) is 5.64. The van der Waals surface area contributed by atoms with Crippen LogP contribution >= 0.6 is 35.6 Å². The average molecular weight is 490 g/mol. The molecule has 2 saturated heterocycles. The maximum atomic E-state index is 12.9. The molecule has 2 aromatic rings. The average Bonchev–Trinajstić information content (AvgIpc) is 3.39. The van der Waals surface area contributed by atoms with E-state index in [1.54, 1.807) is 4.90 Å². The molecule has 0 aliphatic carbocycles. The molecule has 168 valence electrons. The number of carbonyl (C=O) groups excluding carboxylic acids is 1. The molecule has 2 heterocycles. The summed E-state index contributed by atoms with van der Waals surface area (Å²) in [4.78, 5) is 15.1. The minimum Gasteiger partial charge on any atom is -0.490 e. The van der Waals surface area contributed by atoms with Crippen LogP contribution in [0.1, 0.15) is 30.9 Å². The van der Waals surface area contributed by atoms with Crippen LogP contribution in [0.25, 0.3) is 6.08 Å². The zero-order chi connectivity index (χ0) is 22.5. The van der Waals surface area contributed by atoms with Crippen LogP contribution in [0.2, 0.25) is 5.02 Å². The number of thiocarbonyl (C=S) groups is 1. The maximum Gasteiger partial charge on any atom is 0.266 e. The Balaban J connectivity index is 1.47. The first-order valence-corrected chi connectivity index (χ1v) is 12.1. The summed E-state index contributed by atoms with van der Waals surface area (Å²) in [6.07, 6.45) is 3.91. The number of hydrogen-bond acceptors (Lipinski definition) is 6. The van der Waals surface area contributed by atoms with Gasteiger partial charge in [0.15, 0.2) is 11.5 Å². The topological polar surface area (TPSA) is 48.0 Å². The van der Waals surface area contributed by atoms with Gasteiger partial charge in [-0.3, -0.25) is 9.69 Å². The molecule has 2 aliphatic heterocycles. The molecule has 8 heteroatoms. The van der Waals surface area contributed by atoms with Crippen molar-refractivity contribution in [1.82, 2.24) is 4.90 Å². The first-order valence-electron chi connectivity index (χ1n) is 10.5. The smallest absolute Gasteiger partial charge is 0.266 e. The lowest BCUT2D eigenvalue weighted by molar-refractivity contribution is -0.123. The van der Waals surface area contributed by atoms with Gasteiger partial charge in [0.05, 0.1) is 24.2 Å². The van der Waals surface area contributed by atoms with Gasteiger partial charge in [-0.1, -0.05) is 53.8 Å². The fourth-order valence-electron chi connectivity index (χ4n) is 3.54. The van der Waals surface area contributed by atoms with Crippen molar-refractivity contribution in [3.8, 4) is 11.5 Å². The molecule has 2 fully saturated rings. The van der Waals surface area contributed by atoms with E-state index in [-0.39, 0.29) is 12.0 Å². The second kappa shape index (κ2) is 10.7. The fraction of sp³-hybridized carbons (Fsp3) is 0.333. The minimum absolute atomic E-state index is 0.0680. The summed E-state index contributed by atoms with van der Waals surface area (Å²) in [6.45, 7) is 4.10. The summed E-state index contributed by atoms with van der Waals surface area (Å²) < 4.78 is 18.0. The van der Waals surface area contributed by atoms with Crippen molar-refractivity contribution in [2.75, 3.05) is 19.8 Å². The highest BCUT2D eigenvalue weighted by molar-refractivity contribution is 8.26. The van der Waals surface area contributed by atoms with Gasteiger partial charge in [0.2, 0.25) is 0 Å². The molecule has 0 radical (unpaired) electrons. The van der Waals surface area contributed by atoms with Crippen molar-refractivity contribution in [2.24, 2.45) is 0 Å². The summed E-state index contributed by atoms with van der Waals surface area (Å²) in [6, 6.07) is 13.2. The number of ether oxygens (including phenoxy) is 3. The fourth-order valence-corrected chi connectivity index (χ4v) is 4.95. The molecular weight excluding hydrogens is 466 g/mol. The quantitative estimate of drug-likeness (QED) is 0.350. The summed E-state index contributed by atoms with van der Waals surface area (Å²) in [5, 5.41) is 0.689. The van der Waals surface area contributed by atoms with Crippen molar-refractivity contribution in [1.29, 1.82) is 0 Å². The van der Waals surface area contributed by atoms with Gasteiger partial charge in [-0.15, -0.1) is 0 Å². The van der Waals surface area contributed by atoms with Crippen molar-refractivity contribution in [3.63, 3.8) is 0 Å². The highest BCUT2D eigenvalue weighted by Crippen LogP contribution is 2.35. The van der Waals surface area contributed by atoms with Crippen LogP contribution in [0.4, 0.5) is 0 Å². The Morgan fingerprint density at radius 2 is 2.03 bits per heavy atom. The number of rotatable bonds is 8. The molecule has 2 aromatic carbocycles. The standard InChI is InChI=1S/C24H24ClNO4S2/c1-2-28-21-12-17(7-10-20(21)30-15-16-5-8-18(25)9-6-16)13-22-23(27)26(24(31)32-22)14-19-4-3-11-29-19/h5-10,12-13,19H,2-4,11,14-15H2,1H3/b22-13-/t19-/m0/s1. The van der Waals surface area contributed by atoms with Gasteiger partial charge in [-0.2, -0.15) is 0 Å². The van der Waals surface area contributed by atoms with E-state index in [4.69, 9.17) is 38.0 Å². The molecule has 1 amide bonds. The molecule has 0 saturated carbocycles. The second-order valence-electron chi connectivity index (χ2n) is 7.48. The first kappa shape index (κ1) is 23.1. The van der Waals surface area contributed by atoms with Crippen LogP contribution < -0.4 is 9.47 Å². The molecule has 0 spiro atoms. The Hall–Kier alpha value is -2.06. The summed E-state index contributed by atoms with van der Waals surface area (Å²) in [7, 11) is 0. The molecule has 4 rings (SSSR count). The SMILES string of the molecule is CCOc1cc(/C=C2\SC(=S)N(C[C@@H]3CCCO3)C2=O)ccc1OCc1ccc(Cl)cc1. The summed E-state index contributed by atoms with van der Waals surface area (Å²) in [5.74, 6) is 1.20. The van der Waals surface area contributed by atoms with Crippen LogP contribution in [0, 0.1) is 0 Å². The van der Waals surface area contributed by atoms with E-state index < -0.39 is 0 Å². The predicted octanol–water partition coefficient (Wildman–Crippen LogP) is 5.70. The third-order valence-corrected chi connectivity index (χ3v) is 6.79. The lowest BCUT2D eigenvalue weighted by atomic mass is 10.1. The molecule has 0 unspecified atom stereocenters. The summed E-state index contributed by atoms with van der Waals surface area (Å²) in [5.41, 5.74) is 1.86. The highest BCUT2D eigenvalue weighted by Gasteiger charge is 2.34. The Kier molecular flexibility index (Phi) is 7.73. The maximum absolute atomic E-state index is 12.9. The molecule has 32 heavy (non-hydrogen) atoms. The zero-order valence-electron chi connectivity index (χ0n) is 17.7. The van der Waals surface area contributed by atoms with Crippen LogP contribution in [-0.2, 0) is 16.1 Å². The molecule has 5 nitrogen and oxygen atoms in total. The van der Waals surface area contributed by atoms with Gasteiger partial charge < -0.3 is 14.2 Å². The number of carbonyl (C=O) groups is 1. The lowest BCUT2D eigenvalue weighted by Gasteiger charge is -2.18. The van der Waals surface area contributed by atoms with E-state index in [1.165, 1.54) is 11.8 Å². The van der Waals surface area contributed by atoms with Crippen LogP contribution in [-0.4, -0.2) is 41.0 Å². The molecule has 1 atom stereocenters. The van der Waals surface area contributed by atoms with E-state index in [1.807, 2.05) is 55.5 Å². The van der Waals surface area contributed by atoms with Crippen LogP contribution in [0.3, 0.4) is 0 Å². The lowest BCUT2D eigenvalue weighted by Crippen LogP contribution is -2.35. The van der Waals surface area contributed by atoms with Gasteiger partial charge in [-0.05, 0) is 61.2 Å². The Labute approximate surface area is 202 Å². The zero-order valence-corrected chi connectivity index (χ0v) is 20.1. The van der Waals surface area contributed by atoms with Gasteiger partial charge in [0.1, 0.15) is 10.9 Å². The molecule has 2 aliphatic rings. The third-order valence-electron chi connectivity index (χ3n) is 5.16. The number of hydrogen-bond donors (Lipinski definition) is 0. The monoisotopic (exact) mass is 489 g/mol. The van der Waals surface area contributed by atoms with E-state index in [2.05, 4.69) is 0 Å². The number of benzene rings is 2. The van der Waals surface area contributed by atoms with Gasteiger partial charge in [-0.25, -0.2) is 0 Å². The Bertz CT molecular complexity index is 1020. The van der Waals surface area contributed by atoms with Crippen molar-refractivity contribution in [2.45, 2.75) is 32.5 Å². The molecule has 0 aromatic heterocycles. The van der Waals surface area contributed by atoms with Crippen LogP contribution in [0.15, 0.2) is 47.4 Å². The molecule has 0 N–H and O–H groups in total. The van der Waals surface area contributed by atoms with Gasteiger partial charge >= 0.3 is 0 Å². The van der Waals surface area contributed by atoms with Crippen molar-refractivity contribution in [3.05, 3.63) is 63.5 Å². The largest absolute Gasteiger partial charge is 0.490 e. The number of nitrogens with zero attached hydrogens (tertiary/aromatic N) is 1. The number of amides is 1. The summed E-state index contributed by atoms with van der Waals surface area (Å²) >= 11 is 12.7. The van der Waals surface area contributed by atoms with Gasteiger partial charge in [0, 0.05) is 11.6 Å². The Morgan fingerprint density at radius 3 is 2.75 bits per heavy atom. The highest BCUT2D eigenvalue weighted by atomic mass is 35.5. The van der Waals surface area contributed by atoms with Crippen LogP contribution in [0.5, 0.6) is 11.5 Å². The molecular formula is C24H24ClNO4S2. The Morgan fingerprint density at radius 1 is 1.22 bits per heavy atom. The number of thioether (sulfide) groups is 1. The first-order chi connectivity index (χ1) is 15.5. The van der Waals surface area contributed by atoms with E-state index in [0.29, 0.717) is 45.5 Å². The predicted molar refractivity (Wildman–Crippen MR) is 132 cm³/mol. The second-order valence-corrected chi connectivity index (χ2v) is 9.59. The molecule has 0 bridgehead atoms. The van der Waals surface area contributed by atoms with E-state index >= 15 is 0 Å². The minimum atomic E-state index is -0.0727. The van der Waals surface area contributed by atoms with E-state index in [0.717, 1.165) is 30.6 Å².